The van der Waals surface area contributed by atoms with Crippen molar-refractivity contribution < 1.29 is 9.90 Å². The third-order valence-electron chi connectivity index (χ3n) is 3.26. The van der Waals surface area contributed by atoms with Crippen molar-refractivity contribution in [2.24, 2.45) is 0 Å². The Morgan fingerprint density at radius 3 is 3.11 bits per heavy atom. The van der Waals surface area contributed by atoms with Crippen molar-refractivity contribution >= 4 is 11.7 Å². The molecule has 18 heavy (non-hydrogen) atoms. The van der Waals surface area contributed by atoms with Crippen LogP contribution in [0.1, 0.15) is 31.9 Å². The van der Waals surface area contributed by atoms with E-state index in [0.29, 0.717) is 6.54 Å². The van der Waals surface area contributed by atoms with E-state index in [-0.39, 0.29) is 11.9 Å². The molecule has 1 aliphatic rings. The molecule has 1 aromatic rings. The number of aliphatic hydroxyl groups is 1. The van der Waals surface area contributed by atoms with Crippen molar-refractivity contribution in [2.45, 2.75) is 32.4 Å². The van der Waals surface area contributed by atoms with Gasteiger partial charge in [-0.25, -0.2) is 4.98 Å². The highest BCUT2D eigenvalue weighted by Crippen LogP contribution is 2.21. The number of amides is 1. The van der Waals surface area contributed by atoms with Gasteiger partial charge < -0.3 is 15.3 Å². The number of hydrogen-bond donors (Lipinski definition) is 2. The molecule has 0 aromatic carbocycles. The molecule has 1 unspecified atom stereocenters. The Morgan fingerprint density at radius 2 is 2.44 bits per heavy atom. The molecule has 1 aliphatic heterocycles. The highest BCUT2D eigenvalue weighted by Gasteiger charge is 2.29. The lowest BCUT2D eigenvalue weighted by molar-refractivity contribution is -0.123. The first-order chi connectivity index (χ1) is 8.63. The normalized spacial score (nSPS) is 21.6. The van der Waals surface area contributed by atoms with Crippen LogP contribution in [0.5, 0.6) is 0 Å². The minimum absolute atomic E-state index is 0.0491. The van der Waals surface area contributed by atoms with Crippen LogP contribution in [0.25, 0.3) is 0 Å². The molecule has 0 saturated carbocycles. The molecule has 0 spiro atoms. The van der Waals surface area contributed by atoms with E-state index in [1.165, 1.54) is 0 Å². The number of aliphatic hydroxyl groups excluding tert-OH is 1. The summed E-state index contributed by atoms with van der Waals surface area (Å²) in [7, 11) is 0. The number of anilines is 1. The molecular formula is C13H19N3O2. The number of pyridine rings is 1. The van der Waals surface area contributed by atoms with Crippen molar-refractivity contribution in [2.75, 3.05) is 18.0 Å². The number of carbonyl (C=O) groups is 1. The summed E-state index contributed by atoms with van der Waals surface area (Å²) in [6.45, 7) is 5.09. The van der Waals surface area contributed by atoms with Gasteiger partial charge in [-0.2, -0.15) is 0 Å². The van der Waals surface area contributed by atoms with E-state index in [2.05, 4.69) is 10.3 Å². The van der Waals surface area contributed by atoms with Crippen LogP contribution in [0.2, 0.25) is 0 Å². The lowest BCUT2D eigenvalue weighted by Crippen LogP contribution is -2.55. The summed E-state index contributed by atoms with van der Waals surface area (Å²) in [5.41, 5.74) is 0.820. The van der Waals surface area contributed by atoms with E-state index < -0.39 is 6.10 Å². The highest BCUT2D eigenvalue weighted by atomic mass is 16.3. The van der Waals surface area contributed by atoms with Gasteiger partial charge in [0, 0.05) is 19.3 Å². The standard InChI is InChI=1S/C13H19N3O2/c1-3-11-13(18)15-6-7-16(11)12-8-10(9(2)17)4-5-14-12/h4-5,8-9,11,17H,3,6-7H2,1-2H3,(H,15,18)/t9-,11?/m1/s1. The maximum atomic E-state index is 11.8. The largest absolute Gasteiger partial charge is 0.389 e. The van der Waals surface area contributed by atoms with Crippen LogP contribution < -0.4 is 10.2 Å². The van der Waals surface area contributed by atoms with Gasteiger partial charge in [-0.3, -0.25) is 4.79 Å². The molecule has 5 heteroatoms. The van der Waals surface area contributed by atoms with Gasteiger partial charge in [0.2, 0.25) is 5.91 Å². The topological polar surface area (TPSA) is 65.5 Å². The molecule has 98 valence electrons. The smallest absolute Gasteiger partial charge is 0.242 e. The highest BCUT2D eigenvalue weighted by molar-refractivity contribution is 5.86. The first-order valence-electron chi connectivity index (χ1n) is 6.32. The minimum atomic E-state index is -0.523. The molecule has 2 heterocycles. The lowest BCUT2D eigenvalue weighted by Gasteiger charge is -2.35. The average molecular weight is 249 g/mol. The van der Waals surface area contributed by atoms with Crippen molar-refractivity contribution in [3.8, 4) is 0 Å². The van der Waals surface area contributed by atoms with E-state index in [1.807, 2.05) is 17.9 Å². The summed E-state index contributed by atoms with van der Waals surface area (Å²) in [5, 5.41) is 12.5. The van der Waals surface area contributed by atoms with Gasteiger partial charge >= 0.3 is 0 Å². The van der Waals surface area contributed by atoms with Crippen molar-refractivity contribution in [3.63, 3.8) is 0 Å². The van der Waals surface area contributed by atoms with Crippen LogP contribution in [-0.4, -0.2) is 35.1 Å². The van der Waals surface area contributed by atoms with Crippen LogP contribution in [-0.2, 0) is 4.79 Å². The van der Waals surface area contributed by atoms with Gasteiger partial charge in [-0.15, -0.1) is 0 Å². The zero-order valence-corrected chi connectivity index (χ0v) is 10.8. The van der Waals surface area contributed by atoms with Crippen molar-refractivity contribution in [1.29, 1.82) is 0 Å². The maximum absolute atomic E-state index is 11.8. The number of nitrogens with zero attached hydrogens (tertiary/aromatic N) is 2. The Labute approximate surface area is 107 Å². The molecule has 0 aliphatic carbocycles. The Morgan fingerprint density at radius 1 is 1.67 bits per heavy atom. The summed E-state index contributed by atoms with van der Waals surface area (Å²) in [5.74, 6) is 0.808. The van der Waals surface area contributed by atoms with Gasteiger partial charge in [0.25, 0.3) is 0 Å². The Balaban J connectivity index is 2.28. The predicted molar refractivity (Wildman–Crippen MR) is 69.3 cm³/mol. The average Bonchev–Trinajstić information content (AvgIpc) is 2.38. The summed E-state index contributed by atoms with van der Waals surface area (Å²) in [4.78, 5) is 18.1. The van der Waals surface area contributed by atoms with Crippen molar-refractivity contribution in [3.05, 3.63) is 23.9 Å². The molecule has 1 fully saturated rings. The van der Waals surface area contributed by atoms with Crippen LogP contribution in [0.15, 0.2) is 18.3 Å². The summed E-state index contributed by atoms with van der Waals surface area (Å²) >= 11 is 0. The second-order valence-corrected chi connectivity index (χ2v) is 4.53. The van der Waals surface area contributed by atoms with E-state index in [9.17, 15) is 9.90 Å². The Hall–Kier alpha value is -1.62. The van der Waals surface area contributed by atoms with Gasteiger partial charge in [-0.05, 0) is 31.0 Å². The fourth-order valence-electron chi connectivity index (χ4n) is 2.25. The second-order valence-electron chi connectivity index (χ2n) is 4.53. The number of hydrogen-bond acceptors (Lipinski definition) is 4. The van der Waals surface area contributed by atoms with E-state index in [4.69, 9.17) is 0 Å². The van der Waals surface area contributed by atoms with Gasteiger partial charge in [0.05, 0.1) is 6.10 Å². The molecule has 2 rings (SSSR count). The third-order valence-corrected chi connectivity index (χ3v) is 3.26. The fourth-order valence-corrected chi connectivity index (χ4v) is 2.25. The van der Waals surface area contributed by atoms with Gasteiger partial charge in [0.1, 0.15) is 11.9 Å². The number of rotatable bonds is 3. The van der Waals surface area contributed by atoms with Crippen molar-refractivity contribution in [1.82, 2.24) is 10.3 Å². The molecule has 1 aromatic heterocycles. The summed E-state index contributed by atoms with van der Waals surface area (Å²) in [6, 6.07) is 3.47. The molecule has 2 atom stereocenters. The van der Waals surface area contributed by atoms with Crippen LogP contribution >= 0.6 is 0 Å². The number of carbonyl (C=O) groups excluding carboxylic acids is 1. The Bertz CT molecular complexity index is 434. The fraction of sp³-hybridized carbons (Fsp3) is 0.538. The lowest BCUT2D eigenvalue weighted by atomic mass is 10.1. The molecule has 2 N–H and O–H groups in total. The number of piperazine rings is 1. The second kappa shape index (κ2) is 5.35. The predicted octanol–water partition coefficient (Wildman–Crippen LogP) is 0.850. The summed E-state index contributed by atoms with van der Waals surface area (Å²) < 4.78 is 0. The zero-order chi connectivity index (χ0) is 13.1. The molecule has 5 nitrogen and oxygen atoms in total. The monoisotopic (exact) mass is 249 g/mol. The molecular weight excluding hydrogens is 230 g/mol. The Kier molecular flexibility index (Phi) is 3.81. The number of nitrogens with one attached hydrogen (secondary N) is 1. The molecule has 1 amide bonds. The van der Waals surface area contributed by atoms with Crippen LogP contribution in [0, 0.1) is 0 Å². The quantitative estimate of drug-likeness (QED) is 0.833. The third kappa shape index (κ3) is 2.46. The maximum Gasteiger partial charge on any atom is 0.242 e. The molecule has 1 saturated heterocycles. The molecule has 0 bridgehead atoms. The first kappa shape index (κ1) is 12.8. The van der Waals surface area contributed by atoms with Gasteiger partial charge in [0.15, 0.2) is 0 Å². The summed E-state index contributed by atoms with van der Waals surface area (Å²) in [6.07, 6.45) is 1.90. The zero-order valence-electron chi connectivity index (χ0n) is 10.8. The van der Waals surface area contributed by atoms with Gasteiger partial charge in [-0.1, -0.05) is 6.92 Å². The SMILES string of the molecule is CCC1C(=O)NCCN1c1cc([C@@H](C)O)ccn1. The first-order valence-corrected chi connectivity index (χ1v) is 6.32. The van der Waals surface area contributed by atoms with E-state index >= 15 is 0 Å². The van der Waals surface area contributed by atoms with Crippen LogP contribution in [0.3, 0.4) is 0 Å². The van der Waals surface area contributed by atoms with E-state index in [0.717, 1.165) is 24.3 Å². The molecule has 0 radical (unpaired) electrons. The van der Waals surface area contributed by atoms with Crippen LogP contribution in [0.4, 0.5) is 5.82 Å². The minimum Gasteiger partial charge on any atom is -0.389 e. The number of aromatic nitrogens is 1. The van der Waals surface area contributed by atoms with E-state index in [1.54, 1.807) is 19.2 Å².